The molecule has 0 spiro atoms. The Kier molecular flexibility index (Phi) is 2.81. The topological polar surface area (TPSA) is 56.5 Å². The van der Waals surface area contributed by atoms with E-state index in [0.29, 0.717) is 0 Å². The van der Waals surface area contributed by atoms with Crippen molar-refractivity contribution in [2.24, 2.45) is 0 Å². The minimum Gasteiger partial charge on any atom is -0.465 e. The van der Waals surface area contributed by atoms with Crippen LogP contribution in [-0.2, 0) is 11.2 Å². The van der Waals surface area contributed by atoms with Crippen molar-refractivity contribution in [3.63, 3.8) is 0 Å². The Morgan fingerprint density at radius 2 is 2.31 bits per heavy atom. The summed E-state index contributed by atoms with van der Waals surface area (Å²) in [6.07, 6.45) is 2.93. The van der Waals surface area contributed by atoms with Gasteiger partial charge in [0.1, 0.15) is 11.3 Å². The molecular formula is C12H14O4. The van der Waals surface area contributed by atoms with E-state index in [0.717, 1.165) is 30.6 Å². The molecule has 0 amide bonds. The van der Waals surface area contributed by atoms with Crippen molar-refractivity contribution >= 4 is 5.97 Å². The average Bonchev–Trinajstić information content (AvgIpc) is 2.29. The normalized spacial score (nSPS) is 19.0. The van der Waals surface area contributed by atoms with Crippen LogP contribution in [0, 0.1) is 0 Å². The highest BCUT2D eigenvalue weighted by molar-refractivity contribution is 5.88. The number of hydrogen-bond acceptors (Lipinski definition) is 4. The Morgan fingerprint density at radius 1 is 1.56 bits per heavy atom. The fourth-order valence-corrected chi connectivity index (χ4v) is 2.12. The molecule has 1 aromatic heterocycles. The lowest BCUT2D eigenvalue weighted by molar-refractivity contribution is 0.0594. The van der Waals surface area contributed by atoms with Crippen LogP contribution in [0.3, 0.4) is 0 Å². The van der Waals surface area contributed by atoms with Crippen LogP contribution < -0.4 is 5.63 Å². The minimum absolute atomic E-state index is 0.00431. The second-order valence-corrected chi connectivity index (χ2v) is 4.12. The SMILES string of the molecule is COC(=O)c1cc2c(oc1=O)C(C)CCC2. The van der Waals surface area contributed by atoms with Crippen LogP contribution in [-0.4, -0.2) is 13.1 Å². The summed E-state index contributed by atoms with van der Waals surface area (Å²) in [6.45, 7) is 2.03. The van der Waals surface area contributed by atoms with Gasteiger partial charge in [-0.05, 0) is 30.9 Å². The summed E-state index contributed by atoms with van der Waals surface area (Å²) in [4.78, 5) is 22.9. The molecule has 0 saturated carbocycles. The van der Waals surface area contributed by atoms with Gasteiger partial charge >= 0.3 is 11.6 Å². The minimum atomic E-state index is -0.630. The van der Waals surface area contributed by atoms with Gasteiger partial charge in [0, 0.05) is 5.92 Å². The summed E-state index contributed by atoms with van der Waals surface area (Å²) >= 11 is 0. The molecule has 1 aliphatic carbocycles. The number of esters is 1. The average molecular weight is 222 g/mol. The molecule has 4 nitrogen and oxygen atoms in total. The maximum absolute atomic E-state index is 11.6. The van der Waals surface area contributed by atoms with Gasteiger partial charge in [-0.15, -0.1) is 0 Å². The summed E-state index contributed by atoms with van der Waals surface area (Å²) in [5.41, 5.74) is 0.355. The molecule has 0 bridgehead atoms. The Morgan fingerprint density at radius 3 is 3.00 bits per heavy atom. The zero-order valence-electron chi connectivity index (χ0n) is 9.41. The van der Waals surface area contributed by atoms with E-state index in [9.17, 15) is 9.59 Å². The van der Waals surface area contributed by atoms with Crippen molar-refractivity contribution in [2.45, 2.75) is 32.1 Å². The number of methoxy groups -OCH3 is 1. The van der Waals surface area contributed by atoms with Gasteiger partial charge in [-0.25, -0.2) is 9.59 Å². The third kappa shape index (κ3) is 1.75. The molecular weight excluding hydrogens is 208 g/mol. The summed E-state index contributed by atoms with van der Waals surface area (Å²) < 4.78 is 9.75. The standard InChI is InChI=1S/C12H14O4/c1-7-4-3-5-8-6-9(11(13)15-2)12(14)16-10(7)8/h6-7H,3-5H2,1-2H3. The molecule has 1 aromatic rings. The van der Waals surface area contributed by atoms with Gasteiger partial charge in [-0.2, -0.15) is 0 Å². The maximum Gasteiger partial charge on any atom is 0.350 e. The predicted octanol–water partition coefficient (Wildman–Crippen LogP) is 1.87. The molecule has 0 aliphatic heterocycles. The first-order valence-corrected chi connectivity index (χ1v) is 5.38. The third-order valence-corrected chi connectivity index (χ3v) is 2.99. The number of carbonyl (C=O) groups is 1. The quantitative estimate of drug-likeness (QED) is 0.680. The first-order valence-electron chi connectivity index (χ1n) is 5.38. The maximum atomic E-state index is 11.6. The number of carbonyl (C=O) groups excluding carboxylic acids is 1. The van der Waals surface area contributed by atoms with E-state index in [1.165, 1.54) is 7.11 Å². The van der Waals surface area contributed by atoms with E-state index in [1.807, 2.05) is 6.92 Å². The van der Waals surface area contributed by atoms with Crippen molar-refractivity contribution < 1.29 is 13.9 Å². The molecule has 0 aromatic carbocycles. The lowest BCUT2D eigenvalue weighted by atomic mass is 9.88. The highest BCUT2D eigenvalue weighted by atomic mass is 16.5. The van der Waals surface area contributed by atoms with Gasteiger partial charge in [0.25, 0.3) is 0 Å². The molecule has 1 aliphatic rings. The van der Waals surface area contributed by atoms with Gasteiger partial charge in [0.05, 0.1) is 7.11 Å². The molecule has 0 saturated heterocycles. The Bertz CT molecular complexity index is 472. The molecule has 2 rings (SSSR count). The molecule has 0 radical (unpaired) electrons. The molecule has 0 N–H and O–H groups in total. The number of hydrogen-bond donors (Lipinski definition) is 0. The monoisotopic (exact) mass is 222 g/mol. The van der Waals surface area contributed by atoms with Crippen LogP contribution in [0.1, 0.15) is 47.4 Å². The van der Waals surface area contributed by atoms with Gasteiger partial charge < -0.3 is 9.15 Å². The smallest absolute Gasteiger partial charge is 0.350 e. The highest BCUT2D eigenvalue weighted by Gasteiger charge is 2.23. The lowest BCUT2D eigenvalue weighted by Crippen LogP contribution is -2.20. The molecule has 16 heavy (non-hydrogen) atoms. The van der Waals surface area contributed by atoms with E-state index in [4.69, 9.17) is 4.42 Å². The van der Waals surface area contributed by atoms with Crippen LogP contribution >= 0.6 is 0 Å². The van der Waals surface area contributed by atoms with Crippen molar-refractivity contribution in [2.75, 3.05) is 7.11 Å². The molecule has 1 heterocycles. The van der Waals surface area contributed by atoms with E-state index in [2.05, 4.69) is 4.74 Å². The number of ether oxygens (including phenoxy) is 1. The fourth-order valence-electron chi connectivity index (χ4n) is 2.12. The van der Waals surface area contributed by atoms with Crippen LogP contribution in [0.15, 0.2) is 15.3 Å². The second-order valence-electron chi connectivity index (χ2n) is 4.12. The van der Waals surface area contributed by atoms with Crippen LogP contribution in [0.2, 0.25) is 0 Å². The molecule has 1 atom stereocenters. The van der Waals surface area contributed by atoms with Gasteiger partial charge in [0.2, 0.25) is 0 Å². The summed E-state index contributed by atoms with van der Waals surface area (Å²) in [5, 5.41) is 0. The first-order chi connectivity index (χ1) is 7.63. The zero-order chi connectivity index (χ0) is 11.7. The summed E-state index contributed by atoms with van der Waals surface area (Å²) in [5.74, 6) is 0.349. The Hall–Kier alpha value is -1.58. The summed E-state index contributed by atoms with van der Waals surface area (Å²) in [6, 6.07) is 1.61. The fraction of sp³-hybridized carbons (Fsp3) is 0.500. The number of fused-ring (bicyclic) bond motifs is 1. The van der Waals surface area contributed by atoms with Gasteiger partial charge in [0.15, 0.2) is 0 Å². The van der Waals surface area contributed by atoms with E-state index >= 15 is 0 Å². The third-order valence-electron chi connectivity index (χ3n) is 2.99. The van der Waals surface area contributed by atoms with Crippen LogP contribution in [0.25, 0.3) is 0 Å². The van der Waals surface area contributed by atoms with Gasteiger partial charge in [-0.1, -0.05) is 6.92 Å². The highest BCUT2D eigenvalue weighted by Crippen LogP contribution is 2.30. The largest absolute Gasteiger partial charge is 0.465 e. The molecule has 86 valence electrons. The predicted molar refractivity (Wildman–Crippen MR) is 57.7 cm³/mol. The van der Waals surface area contributed by atoms with Crippen molar-refractivity contribution in [3.05, 3.63) is 33.4 Å². The van der Waals surface area contributed by atoms with Gasteiger partial charge in [-0.3, -0.25) is 0 Å². The summed E-state index contributed by atoms with van der Waals surface area (Å²) in [7, 11) is 1.25. The lowest BCUT2D eigenvalue weighted by Gasteiger charge is -2.20. The molecule has 4 heteroatoms. The second kappa shape index (κ2) is 4.12. The van der Waals surface area contributed by atoms with E-state index in [-0.39, 0.29) is 11.5 Å². The van der Waals surface area contributed by atoms with Crippen LogP contribution in [0.4, 0.5) is 0 Å². The van der Waals surface area contributed by atoms with Crippen molar-refractivity contribution in [1.82, 2.24) is 0 Å². The zero-order valence-corrected chi connectivity index (χ0v) is 9.41. The Balaban J connectivity index is 2.53. The van der Waals surface area contributed by atoms with E-state index in [1.54, 1.807) is 6.07 Å². The van der Waals surface area contributed by atoms with E-state index < -0.39 is 11.6 Å². The molecule has 1 unspecified atom stereocenters. The van der Waals surface area contributed by atoms with Crippen molar-refractivity contribution in [3.8, 4) is 0 Å². The molecule has 0 fully saturated rings. The first kappa shape index (κ1) is 10.9. The number of aryl methyl sites for hydroxylation is 1. The Labute approximate surface area is 93.2 Å². The van der Waals surface area contributed by atoms with Crippen molar-refractivity contribution in [1.29, 1.82) is 0 Å². The number of rotatable bonds is 1. The van der Waals surface area contributed by atoms with Crippen LogP contribution in [0.5, 0.6) is 0 Å².